The molecule has 0 radical (unpaired) electrons. The van der Waals surface area contributed by atoms with Gasteiger partial charge in [0.1, 0.15) is 0 Å². The standard InChI is InChI=1S/C12H15BrN2/c13-9-4-1-3-8-7-11-10(14)5-2-6-15(11)12(8)9/h1,3-4,10-11H,2,5-7,14H2. The number of anilines is 1. The van der Waals surface area contributed by atoms with Gasteiger partial charge in [0.15, 0.2) is 0 Å². The Hall–Kier alpha value is -0.540. The van der Waals surface area contributed by atoms with Crippen LogP contribution in [0, 0.1) is 0 Å². The Morgan fingerprint density at radius 1 is 1.40 bits per heavy atom. The number of rotatable bonds is 0. The summed E-state index contributed by atoms with van der Waals surface area (Å²) >= 11 is 3.65. The van der Waals surface area contributed by atoms with Crippen LogP contribution in [0.15, 0.2) is 22.7 Å². The summed E-state index contributed by atoms with van der Waals surface area (Å²) in [6, 6.07) is 7.35. The molecule has 80 valence electrons. The van der Waals surface area contributed by atoms with Crippen molar-refractivity contribution in [1.82, 2.24) is 0 Å². The minimum atomic E-state index is 0.345. The highest BCUT2D eigenvalue weighted by Crippen LogP contribution is 2.41. The molecule has 1 fully saturated rings. The zero-order valence-corrected chi connectivity index (χ0v) is 10.2. The molecule has 0 aromatic heterocycles. The zero-order valence-electron chi connectivity index (χ0n) is 8.62. The summed E-state index contributed by atoms with van der Waals surface area (Å²) in [7, 11) is 0. The first-order chi connectivity index (χ1) is 7.27. The smallest absolute Gasteiger partial charge is 0.0547 e. The van der Waals surface area contributed by atoms with Crippen molar-refractivity contribution in [2.75, 3.05) is 11.4 Å². The molecule has 2 aliphatic rings. The number of benzene rings is 1. The third-order valence-electron chi connectivity index (χ3n) is 3.62. The van der Waals surface area contributed by atoms with Gasteiger partial charge < -0.3 is 10.6 Å². The highest BCUT2D eigenvalue weighted by molar-refractivity contribution is 9.10. The summed E-state index contributed by atoms with van der Waals surface area (Å²) in [5.41, 5.74) is 9.03. The lowest BCUT2D eigenvalue weighted by molar-refractivity contribution is 0.414. The van der Waals surface area contributed by atoms with Crippen LogP contribution in [0.4, 0.5) is 5.69 Å². The second-order valence-corrected chi connectivity index (χ2v) is 5.37. The van der Waals surface area contributed by atoms with Gasteiger partial charge in [-0.25, -0.2) is 0 Å². The molecule has 3 rings (SSSR count). The Labute approximate surface area is 98.6 Å². The molecule has 2 nitrogen and oxygen atoms in total. The van der Waals surface area contributed by atoms with Crippen molar-refractivity contribution >= 4 is 21.6 Å². The second kappa shape index (κ2) is 3.49. The lowest BCUT2D eigenvalue weighted by Gasteiger charge is -2.36. The molecule has 1 aromatic rings. The van der Waals surface area contributed by atoms with Crippen molar-refractivity contribution in [1.29, 1.82) is 0 Å². The summed E-state index contributed by atoms with van der Waals surface area (Å²) in [4.78, 5) is 2.49. The van der Waals surface area contributed by atoms with Crippen LogP contribution < -0.4 is 10.6 Å². The lowest BCUT2D eigenvalue weighted by atomic mass is 9.96. The van der Waals surface area contributed by atoms with E-state index in [1.807, 2.05) is 0 Å². The number of hydrogen-bond donors (Lipinski definition) is 1. The minimum Gasteiger partial charge on any atom is -0.366 e. The number of nitrogens with zero attached hydrogens (tertiary/aromatic N) is 1. The van der Waals surface area contributed by atoms with Crippen molar-refractivity contribution in [2.45, 2.75) is 31.3 Å². The Kier molecular flexibility index (Phi) is 2.25. The Balaban J connectivity index is 2.05. The van der Waals surface area contributed by atoms with Crippen LogP contribution in [0.25, 0.3) is 0 Å². The molecule has 2 atom stereocenters. The molecule has 1 saturated heterocycles. The summed E-state index contributed by atoms with van der Waals surface area (Å²) < 4.78 is 1.22. The van der Waals surface area contributed by atoms with Crippen molar-refractivity contribution in [2.24, 2.45) is 5.73 Å². The normalized spacial score (nSPS) is 28.8. The number of hydrogen-bond acceptors (Lipinski definition) is 2. The van der Waals surface area contributed by atoms with Crippen LogP contribution in [-0.4, -0.2) is 18.6 Å². The lowest BCUT2D eigenvalue weighted by Crippen LogP contribution is -2.50. The van der Waals surface area contributed by atoms with Gasteiger partial charge in [0, 0.05) is 23.1 Å². The first kappa shape index (κ1) is 9.67. The molecule has 15 heavy (non-hydrogen) atoms. The molecule has 2 unspecified atom stereocenters. The molecule has 0 spiro atoms. The van der Waals surface area contributed by atoms with Crippen molar-refractivity contribution in [3.05, 3.63) is 28.2 Å². The highest BCUT2D eigenvalue weighted by Gasteiger charge is 2.36. The first-order valence-corrected chi connectivity index (χ1v) is 6.36. The maximum atomic E-state index is 6.19. The molecule has 0 amide bonds. The quantitative estimate of drug-likeness (QED) is 0.781. The second-order valence-electron chi connectivity index (χ2n) is 4.52. The Morgan fingerprint density at radius 3 is 3.13 bits per heavy atom. The first-order valence-electron chi connectivity index (χ1n) is 5.57. The third-order valence-corrected chi connectivity index (χ3v) is 4.26. The number of piperidine rings is 1. The average Bonchev–Trinajstić information content (AvgIpc) is 2.59. The fourth-order valence-corrected chi connectivity index (χ4v) is 3.53. The molecular weight excluding hydrogens is 252 g/mol. The monoisotopic (exact) mass is 266 g/mol. The highest BCUT2D eigenvalue weighted by atomic mass is 79.9. The maximum absolute atomic E-state index is 6.19. The van der Waals surface area contributed by atoms with Gasteiger partial charge >= 0.3 is 0 Å². The van der Waals surface area contributed by atoms with Crippen LogP contribution in [0.2, 0.25) is 0 Å². The van der Waals surface area contributed by atoms with Gasteiger partial charge in [-0.2, -0.15) is 0 Å². The van der Waals surface area contributed by atoms with Gasteiger partial charge in [-0.15, -0.1) is 0 Å². The molecule has 0 bridgehead atoms. The summed E-state index contributed by atoms with van der Waals surface area (Å²) in [6.45, 7) is 1.16. The van der Waals surface area contributed by atoms with Gasteiger partial charge in [0.2, 0.25) is 0 Å². The van der Waals surface area contributed by atoms with Crippen molar-refractivity contribution in [3.63, 3.8) is 0 Å². The van der Waals surface area contributed by atoms with E-state index in [9.17, 15) is 0 Å². The van der Waals surface area contributed by atoms with E-state index in [0.717, 1.165) is 13.0 Å². The number of para-hydroxylation sites is 1. The Morgan fingerprint density at radius 2 is 2.27 bits per heavy atom. The van der Waals surface area contributed by atoms with E-state index >= 15 is 0 Å². The van der Waals surface area contributed by atoms with Gasteiger partial charge in [-0.1, -0.05) is 12.1 Å². The van der Waals surface area contributed by atoms with Crippen LogP contribution in [0.3, 0.4) is 0 Å². The van der Waals surface area contributed by atoms with E-state index in [4.69, 9.17) is 5.73 Å². The molecule has 0 saturated carbocycles. The number of fused-ring (bicyclic) bond motifs is 3. The van der Waals surface area contributed by atoms with E-state index < -0.39 is 0 Å². The fourth-order valence-electron chi connectivity index (χ4n) is 2.90. The van der Waals surface area contributed by atoms with Gasteiger partial charge in [-0.05, 0) is 46.8 Å². The molecule has 2 N–H and O–H groups in total. The van der Waals surface area contributed by atoms with Gasteiger partial charge in [0.25, 0.3) is 0 Å². The van der Waals surface area contributed by atoms with Gasteiger partial charge in [-0.3, -0.25) is 0 Å². The molecule has 2 heterocycles. The fraction of sp³-hybridized carbons (Fsp3) is 0.500. The maximum Gasteiger partial charge on any atom is 0.0547 e. The molecule has 3 heteroatoms. The largest absolute Gasteiger partial charge is 0.366 e. The van der Waals surface area contributed by atoms with Crippen molar-refractivity contribution in [3.8, 4) is 0 Å². The minimum absolute atomic E-state index is 0.345. The summed E-state index contributed by atoms with van der Waals surface area (Å²) in [5, 5.41) is 0. The summed E-state index contributed by atoms with van der Waals surface area (Å²) in [5.74, 6) is 0. The van der Waals surface area contributed by atoms with Crippen LogP contribution in [0.1, 0.15) is 18.4 Å². The summed E-state index contributed by atoms with van der Waals surface area (Å²) in [6.07, 6.45) is 3.52. The third kappa shape index (κ3) is 1.41. The van der Waals surface area contributed by atoms with E-state index in [-0.39, 0.29) is 0 Å². The van der Waals surface area contributed by atoms with Crippen LogP contribution in [0.5, 0.6) is 0 Å². The number of nitrogens with two attached hydrogens (primary N) is 1. The van der Waals surface area contributed by atoms with E-state index in [2.05, 4.69) is 39.0 Å². The van der Waals surface area contributed by atoms with E-state index in [1.54, 1.807) is 0 Å². The SMILES string of the molecule is NC1CCCN2c3c(Br)cccc3CC12. The topological polar surface area (TPSA) is 29.3 Å². The van der Waals surface area contributed by atoms with Crippen LogP contribution in [-0.2, 0) is 6.42 Å². The predicted octanol–water partition coefficient (Wildman–Crippen LogP) is 2.30. The molecule has 0 aliphatic carbocycles. The molecule has 1 aromatic carbocycles. The zero-order chi connectivity index (χ0) is 10.4. The van der Waals surface area contributed by atoms with Crippen molar-refractivity contribution < 1.29 is 0 Å². The number of halogens is 1. The van der Waals surface area contributed by atoms with Crippen LogP contribution >= 0.6 is 15.9 Å². The predicted molar refractivity (Wildman–Crippen MR) is 66.2 cm³/mol. The Bertz CT molecular complexity index is 391. The molecular formula is C12H15BrN2. The van der Waals surface area contributed by atoms with Gasteiger partial charge in [0.05, 0.1) is 5.69 Å². The average molecular weight is 267 g/mol. The molecule has 2 aliphatic heterocycles. The van der Waals surface area contributed by atoms with E-state index in [1.165, 1.54) is 28.6 Å². The van der Waals surface area contributed by atoms with E-state index in [0.29, 0.717) is 12.1 Å².